The number of rotatable bonds is 6. The van der Waals surface area contributed by atoms with Crippen molar-refractivity contribution in [3.05, 3.63) is 59.2 Å². The van der Waals surface area contributed by atoms with E-state index >= 15 is 0 Å². The summed E-state index contributed by atoms with van der Waals surface area (Å²) in [6.45, 7) is -0.598. The molecule has 1 atom stereocenters. The molecule has 0 radical (unpaired) electrons. The molecule has 0 saturated carbocycles. The zero-order chi connectivity index (χ0) is 20.9. The Labute approximate surface area is 156 Å². The number of ether oxygens (including phenoxy) is 1. The molecule has 10 heteroatoms. The van der Waals surface area contributed by atoms with Crippen molar-refractivity contribution in [1.29, 1.82) is 5.26 Å². The van der Waals surface area contributed by atoms with E-state index in [1.54, 1.807) is 0 Å². The average molecular weight is 404 g/mol. The second-order valence-electron chi connectivity index (χ2n) is 5.74. The lowest BCUT2D eigenvalue weighted by Crippen LogP contribution is -2.26. The molecule has 28 heavy (non-hydrogen) atoms. The molecule has 0 amide bonds. The van der Waals surface area contributed by atoms with Gasteiger partial charge in [0.2, 0.25) is 0 Å². The molecule has 1 unspecified atom stereocenters. The van der Waals surface area contributed by atoms with Crippen LogP contribution in [0.3, 0.4) is 0 Å². The summed E-state index contributed by atoms with van der Waals surface area (Å²) in [5, 5.41) is 21.1. The largest absolute Gasteiger partial charge is 0.491 e. The van der Waals surface area contributed by atoms with Crippen LogP contribution in [0.15, 0.2) is 42.5 Å². The molecule has 0 aliphatic rings. The maximum absolute atomic E-state index is 12.9. The predicted octanol–water partition coefficient (Wildman–Crippen LogP) is 4.45. The van der Waals surface area contributed by atoms with Crippen LogP contribution in [0.5, 0.6) is 5.75 Å². The van der Waals surface area contributed by atoms with Crippen LogP contribution in [0.2, 0.25) is 0 Å². The lowest BCUT2D eigenvalue weighted by Gasteiger charge is -2.16. The average Bonchev–Trinajstić information content (AvgIpc) is 2.63. The normalized spacial score (nSPS) is 12.9. The molecule has 0 aliphatic heterocycles. The van der Waals surface area contributed by atoms with Gasteiger partial charge in [-0.05, 0) is 36.4 Å². The van der Waals surface area contributed by atoms with E-state index in [4.69, 9.17) is 10.00 Å². The number of anilines is 1. The Morgan fingerprint density at radius 1 is 1.04 bits per heavy atom. The zero-order valence-corrected chi connectivity index (χ0v) is 14.1. The molecule has 2 aromatic carbocycles. The molecule has 0 heterocycles. The summed E-state index contributed by atoms with van der Waals surface area (Å²) < 4.78 is 81.7. The third-order valence-electron chi connectivity index (χ3n) is 3.59. The molecule has 2 N–H and O–H groups in total. The summed E-state index contributed by atoms with van der Waals surface area (Å²) in [5.41, 5.74) is -2.54. The van der Waals surface area contributed by atoms with Gasteiger partial charge in [0.25, 0.3) is 0 Å². The first-order chi connectivity index (χ1) is 13.0. The first kappa shape index (κ1) is 21.4. The Morgan fingerprint density at radius 2 is 1.75 bits per heavy atom. The summed E-state index contributed by atoms with van der Waals surface area (Å²) in [4.78, 5) is 0. The van der Waals surface area contributed by atoms with Crippen molar-refractivity contribution in [2.75, 3.05) is 18.5 Å². The Bertz CT molecular complexity index is 858. The number of aliphatic hydroxyl groups is 1. The summed E-state index contributed by atoms with van der Waals surface area (Å²) >= 11 is 0. The first-order valence-corrected chi connectivity index (χ1v) is 7.84. The fraction of sp³-hybridized carbons (Fsp3) is 0.278. The summed E-state index contributed by atoms with van der Waals surface area (Å²) in [5.74, 6) is -0.105. The minimum absolute atomic E-state index is 0.0180. The number of hydrogen-bond donors (Lipinski definition) is 2. The quantitative estimate of drug-likeness (QED) is 0.699. The number of hydrogen-bond acceptors (Lipinski definition) is 4. The maximum Gasteiger partial charge on any atom is 0.417 e. The van der Waals surface area contributed by atoms with Crippen molar-refractivity contribution in [2.24, 2.45) is 0 Å². The van der Waals surface area contributed by atoms with Gasteiger partial charge in [0.05, 0.1) is 22.8 Å². The first-order valence-electron chi connectivity index (χ1n) is 7.84. The number of aliphatic hydroxyl groups excluding tert-OH is 1. The van der Waals surface area contributed by atoms with Crippen LogP contribution >= 0.6 is 0 Å². The van der Waals surface area contributed by atoms with Crippen molar-refractivity contribution >= 4 is 5.69 Å². The van der Waals surface area contributed by atoms with Gasteiger partial charge in [0.1, 0.15) is 18.5 Å². The van der Waals surface area contributed by atoms with Gasteiger partial charge >= 0.3 is 12.4 Å². The van der Waals surface area contributed by atoms with Gasteiger partial charge in [-0.25, -0.2) is 0 Å². The molecular weight excluding hydrogens is 390 g/mol. The summed E-state index contributed by atoms with van der Waals surface area (Å²) in [6, 6.07) is 8.50. The Morgan fingerprint density at radius 3 is 2.36 bits per heavy atom. The number of alkyl halides is 6. The third kappa shape index (κ3) is 5.79. The molecule has 4 nitrogen and oxygen atoms in total. The molecule has 0 spiro atoms. The number of nitriles is 1. The Kier molecular flexibility index (Phi) is 6.41. The standard InChI is InChI=1S/C18H14F6N2O2/c19-17(20,21)12-2-1-3-15(6-12)28-10-14(27)9-26-13-5-4-11(8-25)16(7-13)18(22,23)24/h1-7,14,26-27H,9-10H2. The van der Waals surface area contributed by atoms with Crippen LogP contribution in [0, 0.1) is 11.3 Å². The van der Waals surface area contributed by atoms with Crippen LogP contribution in [0.4, 0.5) is 32.0 Å². The van der Waals surface area contributed by atoms with Gasteiger partial charge in [0, 0.05) is 12.2 Å². The molecule has 0 saturated heterocycles. The van der Waals surface area contributed by atoms with Crippen LogP contribution < -0.4 is 10.1 Å². The molecule has 0 aromatic heterocycles. The summed E-state index contributed by atoms with van der Waals surface area (Å²) in [6.07, 6.45) is -10.5. The fourth-order valence-electron chi connectivity index (χ4n) is 2.24. The Hall–Kier alpha value is -2.93. The van der Waals surface area contributed by atoms with Crippen molar-refractivity contribution in [3.63, 3.8) is 0 Å². The van der Waals surface area contributed by atoms with E-state index in [0.717, 1.165) is 30.3 Å². The van der Waals surface area contributed by atoms with Crippen molar-refractivity contribution < 1.29 is 36.2 Å². The van der Waals surface area contributed by atoms with Gasteiger partial charge < -0.3 is 15.2 Å². The van der Waals surface area contributed by atoms with Gasteiger partial charge in [-0.2, -0.15) is 31.6 Å². The van der Waals surface area contributed by atoms with Crippen LogP contribution in [-0.2, 0) is 12.4 Å². The van der Waals surface area contributed by atoms with Crippen molar-refractivity contribution in [1.82, 2.24) is 0 Å². The molecule has 150 valence electrons. The minimum Gasteiger partial charge on any atom is -0.491 e. The van der Waals surface area contributed by atoms with Crippen LogP contribution in [-0.4, -0.2) is 24.4 Å². The van der Waals surface area contributed by atoms with Gasteiger partial charge in [-0.3, -0.25) is 0 Å². The van der Waals surface area contributed by atoms with E-state index in [2.05, 4.69) is 5.32 Å². The van der Waals surface area contributed by atoms with E-state index in [-0.39, 0.29) is 24.6 Å². The van der Waals surface area contributed by atoms with Gasteiger partial charge in [-0.1, -0.05) is 6.07 Å². The highest BCUT2D eigenvalue weighted by Gasteiger charge is 2.34. The van der Waals surface area contributed by atoms with Crippen LogP contribution in [0.1, 0.15) is 16.7 Å². The van der Waals surface area contributed by atoms with Crippen molar-refractivity contribution in [2.45, 2.75) is 18.5 Å². The molecule has 0 fully saturated rings. The highest BCUT2D eigenvalue weighted by Crippen LogP contribution is 2.33. The number of nitrogens with zero attached hydrogens (tertiary/aromatic N) is 1. The van der Waals surface area contributed by atoms with Gasteiger partial charge in [0.15, 0.2) is 0 Å². The third-order valence-corrected chi connectivity index (χ3v) is 3.59. The van der Waals surface area contributed by atoms with E-state index in [9.17, 15) is 31.4 Å². The highest BCUT2D eigenvalue weighted by molar-refractivity contribution is 5.53. The van der Waals surface area contributed by atoms with E-state index in [0.29, 0.717) is 0 Å². The van der Waals surface area contributed by atoms with Crippen LogP contribution in [0.25, 0.3) is 0 Å². The number of halogens is 6. The number of benzene rings is 2. The topological polar surface area (TPSA) is 65.3 Å². The monoisotopic (exact) mass is 404 g/mol. The Balaban J connectivity index is 1.95. The zero-order valence-electron chi connectivity index (χ0n) is 14.1. The lowest BCUT2D eigenvalue weighted by atomic mass is 10.1. The molecular formula is C18H14F6N2O2. The fourth-order valence-corrected chi connectivity index (χ4v) is 2.24. The lowest BCUT2D eigenvalue weighted by molar-refractivity contribution is -0.138. The van der Waals surface area contributed by atoms with E-state index in [1.165, 1.54) is 18.2 Å². The molecule has 0 bridgehead atoms. The molecule has 2 rings (SSSR count). The molecule has 0 aliphatic carbocycles. The molecule has 2 aromatic rings. The predicted molar refractivity (Wildman–Crippen MR) is 87.6 cm³/mol. The minimum atomic E-state index is -4.71. The van der Waals surface area contributed by atoms with Gasteiger partial charge in [-0.15, -0.1) is 0 Å². The SMILES string of the molecule is N#Cc1ccc(NCC(O)COc2cccc(C(F)(F)F)c2)cc1C(F)(F)F. The summed E-state index contributed by atoms with van der Waals surface area (Å²) in [7, 11) is 0. The van der Waals surface area contributed by atoms with Crippen molar-refractivity contribution in [3.8, 4) is 11.8 Å². The number of nitrogens with one attached hydrogen (secondary N) is 1. The second-order valence-corrected chi connectivity index (χ2v) is 5.74. The maximum atomic E-state index is 12.9. The highest BCUT2D eigenvalue weighted by atomic mass is 19.4. The van der Waals surface area contributed by atoms with E-state index < -0.39 is 35.1 Å². The smallest absolute Gasteiger partial charge is 0.417 e. The second kappa shape index (κ2) is 8.39. The van der Waals surface area contributed by atoms with E-state index in [1.807, 2.05) is 0 Å².